The fraction of sp³-hybridized carbons (Fsp3) is 0.938. The second-order valence-corrected chi connectivity index (χ2v) is 16.9. The highest BCUT2D eigenvalue weighted by Crippen LogP contribution is 2.16. The molecule has 0 aromatic rings. The van der Waals surface area contributed by atoms with E-state index in [9.17, 15) is 14.4 Å². The lowest BCUT2D eigenvalue weighted by atomic mass is 10.0. The van der Waals surface area contributed by atoms with Crippen molar-refractivity contribution in [1.29, 1.82) is 0 Å². The Hall–Kier alpha value is -1.59. The molecule has 320 valence electrons. The van der Waals surface area contributed by atoms with Crippen molar-refractivity contribution >= 4 is 17.9 Å². The van der Waals surface area contributed by atoms with Crippen LogP contribution in [0.25, 0.3) is 0 Å². The molecule has 0 unspecified atom stereocenters. The van der Waals surface area contributed by atoms with E-state index in [4.69, 9.17) is 14.2 Å². The summed E-state index contributed by atoms with van der Waals surface area (Å²) in [4.78, 5) is 37.7. The van der Waals surface area contributed by atoms with Crippen LogP contribution < -0.4 is 0 Å². The highest BCUT2D eigenvalue weighted by molar-refractivity contribution is 5.71. The Balaban J connectivity index is 4.32. The fourth-order valence-corrected chi connectivity index (χ4v) is 7.16. The second kappa shape index (κ2) is 42.6. The van der Waals surface area contributed by atoms with Crippen LogP contribution in [0.2, 0.25) is 0 Å². The Morgan fingerprint density at radius 3 is 0.907 bits per heavy atom. The lowest BCUT2D eigenvalue weighted by molar-refractivity contribution is -0.167. The molecule has 0 fully saturated rings. The molecule has 0 aliphatic heterocycles. The molecule has 0 saturated carbocycles. The Bertz CT molecular complexity index is 811. The molecule has 0 bridgehead atoms. The van der Waals surface area contributed by atoms with Crippen LogP contribution in [-0.2, 0) is 28.6 Å². The Labute approximate surface area is 336 Å². The van der Waals surface area contributed by atoms with E-state index in [0.29, 0.717) is 19.3 Å². The molecule has 0 radical (unpaired) electrons. The molecule has 0 amide bonds. The van der Waals surface area contributed by atoms with Gasteiger partial charge in [-0.2, -0.15) is 0 Å². The summed E-state index contributed by atoms with van der Waals surface area (Å²) in [6.07, 6.45) is 42.3. The van der Waals surface area contributed by atoms with Crippen LogP contribution in [0.15, 0.2) is 0 Å². The molecule has 0 aliphatic rings. The lowest BCUT2D eigenvalue weighted by Gasteiger charge is -2.18. The molecule has 0 aliphatic carbocycles. The standard InChI is InChI=1S/C48H92O6/c1-5-7-9-11-13-15-17-18-19-20-24-29-33-37-41-48(51)54-45(42-52-46(49)39-35-31-27-23-16-14-12-10-8-6-2)43-53-47(50)40-36-32-28-25-21-22-26-30-34-38-44(3)4/h44-45H,5-43H2,1-4H3/t45-/m1/s1. The molecule has 0 saturated heterocycles. The fourth-order valence-electron chi connectivity index (χ4n) is 7.16. The van der Waals surface area contributed by atoms with Gasteiger partial charge < -0.3 is 14.2 Å². The van der Waals surface area contributed by atoms with E-state index in [1.165, 1.54) is 161 Å². The lowest BCUT2D eigenvalue weighted by Crippen LogP contribution is -2.30. The third-order valence-corrected chi connectivity index (χ3v) is 10.8. The summed E-state index contributed by atoms with van der Waals surface area (Å²) in [7, 11) is 0. The van der Waals surface area contributed by atoms with Gasteiger partial charge in [0.1, 0.15) is 13.2 Å². The van der Waals surface area contributed by atoms with Crippen molar-refractivity contribution in [3.8, 4) is 0 Å². The van der Waals surface area contributed by atoms with Gasteiger partial charge in [0.25, 0.3) is 0 Å². The molecule has 0 aromatic carbocycles. The molecule has 6 nitrogen and oxygen atoms in total. The van der Waals surface area contributed by atoms with Crippen LogP contribution in [0.5, 0.6) is 0 Å². The number of hydrogen-bond acceptors (Lipinski definition) is 6. The Kier molecular flexibility index (Phi) is 41.3. The van der Waals surface area contributed by atoms with Gasteiger partial charge in [0, 0.05) is 19.3 Å². The van der Waals surface area contributed by atoms with Gasteiger partial charge >= 0.3 is 17.9 Å². The Morgan fingerprint density at radius 1 is 0.352 bits per heavy atom. The average molecular weight is 765 g/mol. The van der Waals surface area contributed by atoms with Gasteiger partial charge in [-0.15, -0.1) is 0 Å². The second-order valence-electron chi connectivity index (χ2n) is 16.9. The number of ether oxygens (including phenoxy) is 3. The number of rotatable bonds is 43. The van der Waals surface area contributed by atoms with Gasteiger partial charge in [-0.05, 0) is 25.2 Å². The van der Waals surface area contributed by atoms with Crippen LogP contribution in [0.4, 0.5) is 0 Å². The van der Waals surface area contributed by atoms with E-state index in [1.54, 1.807) is 0 Å². The minimum atomic E-state index is -0.759. The number of carbonyl (C=O) groups is 3. The predicted molar refractivity (Wildman–Crippen MR) is 229 cm³/mol. The minimum Gasteiger partial charge on any atom is -0.462 e. The summed E-state index contributed by atoms with van der Waals surface area (Å²) in [6.45, 7) is 8.98. The molecular weight excluding hydrogens is 673 g/mol. The first-order valence-electron chi connectivity index (χ1n) is 23.9. The van der Waals surface area contributed by atoms with Gasteiger partial charge in [-0.25, -0.2) is 0 Å². The van der Waals surface area contributed by atoms with Crippen molar-refractivity contribution in [3.05, 3.63) is 0 Å². The van der Waals surface area contributed by atoms with Crippen molar-refractivity contribution in [2.24, 2.45) is 5.92 Å². The molecule has 0 N–H and O–H groups in total. The monoisotopic (exact) mass is 765 g/mol. The highest BCUT2D eigenvalue weighted by atomic mass is 16.6. The van der Waals surface area contributed by atoms with E-state index >= 15 is 0 Å². The van der Waals surface area contributed by atoms with Crippen molar-refractivity contribution in [1.82, 2.24) is 0 Å². The average Bonchev–Trinajstić information content (AvgIpc) is 3.15. The van der Waals surface area contributed by atoms with E-state index in [1.807, 2.05) is 0 Å². The maximum absolute atomic E-state index is 12.7. The van der Waals surface area contributed by atoms with E-state index in [-0.39, 0.29) is 31.1 Å². The first-order chi connectivity index (χ1) is 26.4. The largest absolute Gasteiger partial charge is 0.462 e. The number of carbonyl (C=O) groups excluding carboxylic acids is 3. The molecular formula is C48H92O6. The highest BCUT2D eigenvalue weighted by Gasteiger charge is 2.19. The zero-order valence-corrected chi connectivity index (χ0v) is 36.7. The molecule has 54 heavy (non-hydrogen) atoms. The topological polar surface area (TPSA) is 78.9 Å². The predicted octanol–water partition coefficient (Wildman–Crippen LogP) is 15.1. The smallest absolute Gasteiger partial charge is 0.306 e. The van der Waals surface area contributed by atoms with E-state index in [0.717, 1.165) is 63.7 Å². The third kappa shape index (κ3) is 41.6. The van der Waals surface area contributed by atoms with Gasteiger partial charge in [0.05, 0.1) is 0 Å². The van der Waals surface area contributed by atoms with Crippen LogP contribution in [0.1, 0.15) is 265 Å². The molecule has 0 rings (SSSR count). The summed E-state index contributed by atoms with van der Waals surface area (Å²) in [5.41, 5.74) is 0. The number of hydrogen-bond donors (Lipinski definition) is 0. The molecule has 6 heteroatoms. The van der Waals surface area contributed by atoms with Crippen LogP contribution in [0, 0.1) is 5.92 Å². The summed E-state index contributed by atoms with van der Waals surface area (Å²) < 4.78 is 16.7. The first-order valence-corrected chi connectivity index (χ1v) is 23.9. The minimum absolute atomic E-state index is 0.0637. The normalized spacial score (nSPS) is 11.9. The maximum atomic E-state index is 12.7. The number of unbranched alkanes of at least 4 members (excludes halogenated alkanes) is 30. The zero-order chi connectivity index (χ0) is 39.6. The number of esters is 3. The van der Waals surface area contributed by atoms with Gasteiger partial charge in [0.15, 0.2) is 6.10 Å². The van der Waals surface area contributed by atoms with Gasteiger partial charge in [-0.3, -0.25) is 14.4 Å². The maximum Gasteiger partial charge on any atom is 0.306 e. The summed E-state index contributed by atoms with van der Waals surface area (Å²) in [5.74, 6) is -0.0437. The summed E-state index contributed by atoms with van der Waals surface area (Å²) >= 11 is 0. The van der Waals surface area contributed by atoms with E-state index in [2.05, 4.69) is 27.7 Å². The van der Waals surface area contributed by atoms with Crippen molar-refractivity contribution in [3.63, 3.8) is 0 Å². The van der Waals surface area contributed by atoms with Gasteiger partial charge in [0.2, 0.25) is 0 Å². The first kappa shape index (κ1) is 52.4. The third-order valence-electron chi connectivity index (χ3n) is 10.8. The van der Waals surface area contributed by atoms with Crippen molar-refractivity contribution in [2.45, 2.75) is 271 Å². The zero-order valence-electron chi connectivity index (χ0n) is 36.7. The SMILES string of the molecule is CCCCCCCCCCCCCCCCC(=O)O[C@H](COC(=O)CCCCCCCCCCCC)COC(=O)CCCCCCCCCCCC(C)C. The Morgan fingerprint density at radius 2 is 0.611 bits per heavy atom. The quantitative estimate of drug-likeness (QED) is 0.0349. The van der Waals surface area contributed by atoms with Crippen LogP contribution in [0.3, 0.4) is 0 Å². The molecule has 0 heterocycles. The summed E-state index contributed by atoms with van der Waals surface area (Å²) in [5, 5.41) is 0. The van der Waals surface area contributed by atoms with Crippen molar-refractivity contribution < 1.29 is 28.6 Å². The summed E-state index contributed by atoms with van der Waals surface area (Å²) in [6, 6.07) is 0. The van der Waals surface area contributed by atoms with E-state index < -0.39 is 6.10 Å². The van der Waals surface area contributed by atoms with Crippen LogP contribution >= 0.6 is 0 Å². The van der Waals surface area contributed by atoms with Crippen LogP contribution in [-0.4, -0.2) is 37.2 Å². The molecule has 0 aromatic heterocycles. The molecule has 1 atom stereocenters. The van der Waals surface area contributed by atoms with Gasteiger partial charge in [-0.1, -0.05) is 227 Å². The molecule has 0 spiro atoms. The van der Waals surface area contributed by atoms with Crippen molar-refractivity contribution in [2.75, 3.05) is 13.2 Å².